The van der Waals surface area contributed by atoms with E-state index in [2.05, 4.69) is 22.2 Å². The molecular formula is C29H25F2N5O. The predicted molar refractivity (Wildman–Crippen MR) is 138 cm³/mol. The van der Waals surface area contributed by atoms with E-state index in [0.717, 1.165) is 24.8 Å². The van der Waals surface area contributed by atoms with Gasteiger partial charge < -0.3 is 11.1 Å². The van der Waals surface area contributed by atoms with Gasteiger partial charge in [-0.3, -0.25) is 14.8 Å². The van der Waals surface area contributed by atoms with Crippen LogP contribution in [0.15, 0.2) is 61.1 Å². The number of carbonyl (C=O) groups is 1. The molecule has 0 bridgehead atoms. The van der Waals surface area contributed by atoms with Gasteiger partial charge in [-0.25, -0.2) is 8.78 Å². The van der Waals surface area contributed by atoms with E-state index in [1.54, 1.807) is 12.4 Å². The normalized spacial score (nSPS) is 19.4. The topological polar surface area (TPSA) is 105 Å². The molecule has 6 nitrogen and oxygen atoms in total. The minimum atomic E-state index is -0.615. The first-order valence-electron chi connectivity index (χ1n) is 12.1. The summed E-state index contributed by atoms with van der Waals surface area (Å²) in [6, 6.07) is 12.1. The van der Waals surface area contributed by atoms with Crippen LogP contribution in [0, 0.1) is 28.9 Å². The number of hydrogen-bond acceptors (Lipinski definition) is 5. The summed E-state index contributed by atoms with van der Waals surface area (Å²) in [4.78, 5) is 21.9. The van der Waals surface area contributed by atoms with Gasteiger partial charge in [0.25, 0.3) is 5.91 Å². The second kappa shape index (κ2) is 10.0. The van der Waals surface area contributed by atoms with Gasteiger partial charge in [0.05, 0.1) is 34.6 Å². The Bertz CT molecular complexity index is 1540. The van der Waals surface area contributed by atoms with Crippen molar-refractivity contribution in [2.45, 2.75) is 38.1 Å². The van der Waals surface area contributed by atoms with Gasteiger partial charge in [-0.1, -0.05) is 13.0 Å². The van der Waals surface area contributed by atoms with Crippen molar-refractivity contribution in [1.82, 2.24) is 9.97 Å². The average molecular weight is 498 g/mol. The minimum Gasteiger partial charge on any atom is -0.328 e. The zero-order valence-electron chi connectivity index (χ0n) is 20.2. The number of nitrogens with one attached hydrogen (secondary N) is 1. The first-order chi connectivity index (χ1) is 17.9. The lowest BCUT2D eigenvalue weighted by Crippen LogP contribution is -2.31. The molecule has 186 valence electrons. The summed E-state index contributed by atoms with van der Waals surface area (Å²) in [5.74, 6) is -1.02. The number of amides is 1. The third-order valence-corrected chi connectivity index (χ3v) is 6.99. The van der Waals surface area contributed by atoms with E-state index in [-0.39, 0.29) is 45.1 Å². The van der Waals surface area contributed by atoms with E-state index < -0.39 is 17.5 Å². The highest BCUT2D eigenvalue weighted by atomic mass is 19.1. The molecule has 0 aliphatic heterocycles. The second-order valence-electron chi connectivity index (χ2n) is 9.68. The highest BCUT2D eigenvalue weighted by molar-refractivity contribution is 6.12. The van der Waals surface area contributed by atoms with Crippen molar-refractivity contribution in [3.8, 4) is 17.2 Å². The summed E-state index contributed by atoms with van der Waals surface area (Å²) < 4.78 is 29.4. The van der Waals surface area contributed by atoms with E-state index in [9.17, 15) is 18.8 Å². The summed E-state index contributed by atoms with van der Waals surface area (Å²) in [7, 11) is 0. The molecule has 1 aliphatic rings. The number of benzene rings is 2. The SMILES string of the molecule is C[C@@H]1C[C@H](N)C[C@H](c2ccncc2NC(=O)c2ccc(F)c3cc(-c4c(F)cccc4C#N)cnc23)C1. The van der Waals surface area contributed by atoms with Crippen LogP contribution in [0.25, 0.3) is 22.0 Å². The monoisotopic (exact) mass is 497 g/mol. The van der Waals surface area contributed by atoms with Crippen LogP contribution < -0.4 is 11.1 Å². The molecule has 1 amide bonds. The van der Waals surface area contributed by atoms with E-state index in [0.29, 0.717) is 11.6 Å². The van der Waals surface area contributed by atoms with Gasteiger partial charge >= 0.3 is 0 Å². The average Bonchev–Trinajstić information content (AvgIpc) is 2.88. The molecule has 3 atom stereocenters. The first-order valence-corrected chi connectivity index (χ1v) is 12.1. The Labute approximate surface area is 213 Å². The van der Waals surface area contributed by atoms with Crippen molar-refractivity contribution >= 4 is 22.5 Å². The van der Waals surface area contributed by atoms with Crippen molar-refractivity contribution in [2.75, 3.05) is 5.32 Å². The van der Waals surface area contributed by atoms with Crippen molar-refractivity contribution in [3.63, 3.8) is 0 Å². The molecule has 4 aromatic rings. The Hall–Kier alpha value is -4.22. The standard InChI is InChI=1S/C29H25F2N5O/c1-16-9-18(11-20(33)10-16)21-7-8-34-15-26(21)36-29(37)22-5-6-24(30)23-12-19(14-35-28(22)23)27-17(13-32)3-2-4-25(27)31/h2-8,12,14-16,18,20H,9-11,33H2,1H3,(H,36,37)/t16-,18+,20-/m0/s1. The molecule has 5 rings (SSSR count). The molecule has 2 aromatic carbocycles. The number of halogens is 2. The van der Waals surface area contributed by atoms with Crippen LogP contribution in [0.1, 0.15) is 53.6 Å². The number of pyridine rings is 2. The van der Waals surface area contributed by atoms with E-state index >= 15 is 0 Å². The van der Waals surface area contributed by atoms with Crippen LogP contribution in [-0.2, 0) is 0 Å². The van der Waals surface area contributed by atoms with Gasteiger partial charge in [0.15, 0.2) is 0 Å². The lowest BCUT2D eigenvalue weighted by molar-refractivity contribution is 0.102. The first kappa shape index (κ1) is 24.5. The lowest BCUT2D eigenvalue weighted by atomic mass is 9.76. The van der Waals surface area contributed by atoms with Crippen molar-refractivity contribution in [2.24, 2.45) is 11.7 Å². The van der Waals surface area contributed by atoms with Gasteiger partial charge in [0, 0.05) is 34.9 Å². The summed E-state index contributed by atoms with van der Waals surface area (Å²) in [6.07, 6.45) is 7.41. The second-order valence-corrected chi connectivity index (χ2v) is 9.68. The minimum absolute atomic E-state index is 0.0357. The Kier molecular flexibility index (Phi) is 6.64. The molecule has 1 aliphatic carbocycles. The van der Waals surface area contributed by atoms with Crippen molar-refractivity contribution in [3.05, 3.63) is 89.4 Å². The van der Waals surface area contributed by atoms with Crippen LogP contribution >= 0.6 is 0 Å². The number of nitriles is 1. The highest BCUT2D eigenvalue weighted by Crippen LogP contribution is 2.38. The number of hydrogen-bond donors (Lipinski definition) is 2. The molecule has 8 heteroatoms. The molecule has 37 heavy (non-hydrogen) atoms. The number of nitrogens with two attached hydrogens (primary N) is 1. The van der Waals surface area contributed by atoms with E-state index in [1.165, 1.54) is 42.6 Å². The highest BCUT2D eigenvalue weighted by Gasteiger charge is 2.28. The van der Waals surface area contributed by atoms with Crippen LogP contribution in [0.5, 0.6) is 0 Å². The summed E-state index contributed by atoms with van der Waals surface area (Å²) in [6.45, 7) is 2.18. The third-order valence-electron chi connectivity index (χ3n) is 6.99. The Balaban J connectivity index is 1.51. The van der Waals surface area contributed by atoms with Gasteiger partial charge in [0.2, 0.25) is 0 Å². The summed E-state index contributed by atoms with van der Waals surface area (Å²) >= 11 is 0. The van der Waals surface area contributed by atoms with Gasteiger partial charge in [-0.2, -0.15) is 5.26 Å². The zero-order valence-corrected chi connectivity index (χ0v) is 20.2. The number of fused-ring (bicyclic) bond motifs is 1. The Morgan fingerprint density at radius 3 is 2.73 bits per heavy atom. The molecule has 0 radical (unpaired) electrons. The van der Waals surface area contributed by atoms with Crippen LogP contribution in [0.2, 0.25) is 0 Å². The number of carbonyl (C=O) groups excluding carboxylic acids is 1. The van der Waals surface area contributed by atoms with Crippen LogP contribution in [0.3, 0.4) is 0 Å². The Morgan fingerprint density at radius 2 is 1.95 bits per heavy atom. The van der Waals surface area contributed by atoms with Gasteiger partial charge in [0.1, 0.15) is 11.6 Å². The maximum absolute atomic E-state index is 14.9. The molecular weight excluding hydrogens is 472 g/mol. The number of rotatable bonds is 4. The van der Waals surface area contributed by atoms with Gasteiger partial charge in [-0.05, 0) is 73.1 Å². The fourth-order valence-corrected chi connectivity index (χ4v) is 5.38. The quantitative estimate of drug-likeness (QED) is 0.364. The maximum atomic E-state index is 14.9. The lowest BCUT2D eigenvalue weighted by Gasteiger charge is -2.32. The van der Waals surface area contributed by atoms with Crippen molar-refractivity contribution in [1.29, 1.82) is 5.26 Å². The largest absolute Gasteiger partial charge is 0.328 e. The smallest absolute Gasteiger partial charge is 0.257 e. The Morgan fingerprint density at radius 1 is 1.11 bits per heavy atom. The summed E-state index contributed by atoms with van der Waals surface area (Å²) in [5, 5.41) is 12.4. The molecule has 1 fully saturated rings. The number of aromatic nitrogens is 2. The number of nitrogens with zero attached hydrogens (tertiary/aromatic N) is 3. The van der Waals surface area contributed by atoms with E-state index in [4.69, 9.17) is 5.73 Å². The molecule has 3 N–H and O–H groups in total. The fourth-order valence-electron chi connectivity index (χ4n) is 5.38. The van der Waals surface area contributed by atoms with Crippen molar-refractivity contribution < 1.29 is 13.6 Å². The fraction of sp³-hybridized carbons (Fsp3) is 0.241. The molecule has 0 saturated heterocycles. The summed E-state index contributed by atoms with van der Waals surface area (Å²) in [5.41, 5.74) is 8.51. The predicted octanol–water partition coefficient (Wildman–Crippen LogP) is 5.93. The van der Waals surface area contributed by atoms with E-state index in [1.807, 2.05) is 12.1 Å². The molecule has 0 unspecified atom stereocenters. The molecule has 2 heterocycles. The third kappa shape index (κ3) is 4.78. The van der Waals surface area contributed by atoms with Gasteiger partial charge in [-0.15, -0.1) is 0 Å². The maximum Gasteiger partial charge on any atom is 0.257 e. The number of anilines is 1. The van der Waals surface area contributed by atoms with Crippen LogP contribution in [0.4, 0.5) is 14.5 Å². The van der Waals surface area contributed by atoms with Crippen LogP contribution in [-0.4, -0.2) is 21.9 Å². The molecule has 2 aromatic heterocycles. The zero-order chi connectivity index (χ0) is 26.1. The molecule has 0 spiro atoms. The molecule has 1 saturated carbocycles.